The molecule has 2 aliphatic rings. The molecule has 0 aromatic heterocycles. The minimum absolute atomic E-state index is 0.211. The van der Waals surface area contributed by atoms with Gasteiger partial charge in [-0.2, -0.15) is 0 Å². The molecular formula is C20H18N2O5. The van der Waals surface area contributed by atoms with Gasteiger partial charge in [-0.3, -0.25) is 9.69 Å². The number of ether oxygens (including phenoxy) is 3. The highest BCUT2D eigenvalue weighted by atomic mass is 16.7. The van der Waals surface area contributed by atoms with Crippen molar-refractivity contribution in [3.63, 3.8) is 0 Å². The Labute approximate surface area is 156 Å². The molecule has 1 unspecified atom stereocenters. The van der Waals surface area contributed by atoms with Crippen LogP contribution in [0.1, 0.15) is 5.56 Å². The van der Waals surface area contributed by atoms with Gasteiger partial charge in [0.1, 0.15) is 6.10 Å². The second-order valence-corrected chi connectivity index (χ2v) is 6.14. The molecule has 2 amide bonds. The summed E-state index contributed by atoms with van der Waals surface area (Å²) in [6.07, 6.45) is 2.33. The van der Waals surface area contributed by atoms with Crippen molar-refractivity contribution in [1.82, 2.24) is 5.32 Å². The molecule has 7 nitrogen and oxygen atoms in total. The molecule has 1 atom stereocenters. The van der Waals surface area contributed by atoms with Crippen LogP contribution in [0.4, 0.5) is 10.5 Å². The number of nitrogens with zero attached hydrogens (tertiary/aromatic N) is 1. The molecule has 2 heterocycles. The van der Waals surface area contributed by atoms with Crippen LogP contribution in [0.2, 0.25) is 0 Å². The van der Waals surface area contributed by atoms with Crippen LogP contribution in [0, 0.1) is 0 Å². The van der Waals surface area contributed by atoms with E-state index in [1.807, 2.05) is 42.5 Å². The number of para-hydroxylation sites is 1. The van der Waals surface area contributed by atoms with Gasteiger partial charge < -0.3 is 19.5 Å². The second-order valence-electron chi connectivity index (χ2n) is 6.14. The van der Waals surface area contributed by atoms with Crippen LogP contribution in [0.3, 0.4) is 0 Å². The summed E-state index contributed by atoms with van der Waals surface area (Å²) in [6, 6.07) is 14.7. The number of nitrogens with one attached hydrogen (secondary N) is 1. The van der Waals surface area contributed by atoms with Gasteiger partial charge in [0.05, 0.1) is 13.1 Å². The third kappa shape index (κ3) is 3.87. The van der Waals surface area contributed by atoms with E-state index in [1.165, 1.54) is 6.08 Å². The monoisotopic (exact) mass is 366 g/mol. The number of carbonyl (C=O) groups excluding carboxylic acids is 2. The number of anilines is 1. The number of cyclic esters (lactones) is 1. The summed E-state index contributed by atoms with van der Waals surface area (Å²) in [5, 5.41) is 2.75. The van der Waals surface area contributed by atoms with E-state index in [0.29, 0.717) is 18.0 Å². The molecule has 0 radical (unpaired) electrons. The topological polar surface area (TPSA) is 77.1 Å². The maximum absolute atomic E-state index is 12.0. The second kappa shape index (κ2) is 7.41. The maximum Gasteiger partial charge on any atom is 0.414 e. The van der Waals surface area contributed by atoms with Crippen molar-refractivity contribution in [3.8, 4) is 11.5 Å². The van der Waals surface area contributed by atoms with Crippen LogP contribution < -0.4 is 19.7 Å². The average molecular weight is 366 g/mol. The van der Waals surface area contributed by atoms with E-state index in [4.69, 9.17) is 14.2 Å². The Morgan fingerprint density at radius 2 is 1.96 bits per heavy atom. The van der Waals surface area contributed by atoms with Gasteiger partial charge >= 0.3 is 6.09 Å². The van der Waals surface area contributed by atoms with Gasteiger partial charge in [-0.05, 0) is 35.9 Å². The van der Waals surface area contributed by atoms with Gasteiger partial charge in [0.2, 0.25) is 12.7 Å². The number of hydrogen-bond acceptors (Lipinski definition) is 5. The zero-order chi connectivity index (χ0) is 18.6. The lowest BCUT2D eigenvalue weighted by molar-refractivity contribution is -0.116. The Morgan fingerprint density at radius 1 is 1.15 bits per heavy atom. The highest BCUT2D eigenvalue weighted by Gasteiger charge is 2.32. The lowest BCUT2D eigenvalue weighted by Gasteiger charge is -2.12. The van der Waals surface area contributed by atoms with Crippen LogP contribution in [-0.2, 0) is 9.53 Å². The summed E-state index contributed by atoms with van der Waals surface area (Å²) in [6.45, 7) is 0.859. The standard InChI is InChI=1S/C20H18N2O5/c23-19(9-7-14-6-8-17-18(10-14)26-13-25-17)21-11-16-12-22(20(24)27-16)15-4-2-1-3-5-15/h1-10,16H,11-13H2,(H,21,23)/b9-7-. The third-order valence-electron chi connectivity index (χ3n) is 4.27. The van der Waals surface area contributed by atoms with Gasteiger partial charge in [0, 0.05) is 11.8 Å². The maximum atomic E-state index is 12.0. The summed E-state index contributed by atoms with van der Waals surface area (Å²) in [5.41, 5.74) is 1.61. The molecule has 2 aromatic rings. The molecule has 1 saturated heterocycles. The summed E-state index contributed by atoms with van der Waals surface area (Å²) < 4.78 is 15.9. The van der Waals surface area contributed by atoms with E-state index in [2.05, 4.69) is 5.32 Å². The Morgan fingerprint density at radius 3 is 2.81 bits per heavy atom. The molecule has 1 N–H and O–H groups in total. The molecule has 0 spiro atoms. The average Bonchev–Trinajstić information content (AvgIpc) is 3.31. The van der Waals surface area contributed by atoms with E-state index in [0.717, 1.165) is 11.3 Å². The van der Waals surface area contributed by atoms with Crippen LogP contribution >= 0.6 is 0 Å². The number of rotatable bonds is 5. The van der Waals surface area contributed by atoms with E-state index in [9.17, 15) is 9.59 Å². The molecule has 0 bridgehead atoms. The minimum atomic E-state index is -0.406. The van der Waals surface area contributed by atoms with Crippen LogP contribution in [-0.4, -0.2) is 38.0 Å². The molecule has 2 aromatic carbocycles. The van der Waals surface area contributed by atoms with Gasteiger partial charge in [-0.1, -0.05) is 24.3 Å². The number of carbonyl (C=O) groups is 2. The molecule has 0 aliphatic carbocycles. The van der Waals surface area contributed by atoms with E-state index >= 15 is 0 Å². The van der Waals surface area contributed by atoms with Crippen molar-refractivity contribution in [2.24, 2.45) is 0 Å². The molecule has 0 saturated carbocycles. The van der Waals surface area contributed by atoms with Gasteiger partial charge in [-0.15, -0.1) is 0 Å². The zero-order valence-electron chi connectivity index (χ0n) is 14.5. The largest absolute Gasteiger partial charge is 0.454 e. The predicted molar refractivity (Wildman–Crippen MR) is 98.7 cm³/mol. The van der Waals surface area contributed by atoms with Crippen molar-refractivity contribution in [2.45, 2.75) is 6.10 Å². The van der Waals surface area contributed by atoms with E-state index in [-0.39, 0.29) is 25.3 Å². The third-order valence-corrected chi connectivity index (χ3v) is 4.27. The number of benzene rings is 2. The van der Waals surface area contributed by atoms with Gasteiger partial charge in [-0.25, -0.2) is 4.79 Å². The summed E-state index contributed by atoms with van der Waals surface area (Å²) in [5.74, 6) is 1.10. The van der Waals surface area contributed by atoms with Crippen molar-refractivity contribution >= 4 is 23.8 Å². The number of fused-ring (bicyclic) bond motifs is 1. The lowest BCUT2D eigenvalue weighted by Crippen LogP contribution is -2.33. The van der Waals surface area contributed by atoms with Gasteiger partial charge in [0.15, 0.2) is 11.5 Å². The molecule has 138 valence electrons. The smallest absolute Gasteiger partial charge is 0.414 e. The van der Waals surface area contributed by atoms with Crippen molar-refractivity contribution in [1.29, 1.82) is 0 Å². The van der Waals surface area contributed by atoms with Crippen molar-refractivity contribution in [2.75, 3.05) is 24.8 Å². The molecular weight excluding hydrogens is 348 g/mol. The summed E-state index contributed by atoms with van der Waals surface area (Å²) >= 11 is 0. The van der Waals surface area contributed by atoms with Crippen molar-refractivity contribution in [3.05, 3.63) is 60.2 Å². The Hall–Kier alpha value is -3.48. The molecule has 2 aliphatic heterocycles. The normalized spacial score (nSPS) is 18.0. The Balaban J connectivity index is 1.29. The minimum Gasteiger partial charge on any atom is -0.454 e. The van der Waals surface area contributed by atoms with Gasteiger partial charge in [0.25, 0.3) is 0 Å². The lowest BCUT2D eigenvalue weighted by atomic mass is 10.2. The zero-order valence-corrected chi connectivity index (χ0v) is 14.5. The van der Waals surface area contributed by atoms with Crippen LogP contribution in [0.15, 0.2) is 54.6 Å². The first kappa shape index (κ1) is 17.0. The first-order chi connectivity index (χ1) is 13.2. The van der Waals surface area contributed by atoms with Crippen LogP contribution in [0.5, 0.6) is 11.5 Å². The van der Waals surface area contributed by atoms with Crippen LogP contribution in [0.25, 0.3) is 6.08 Å². The number of hydrogen-bond donors (Lipinski definition) is 1. The van der Waals surface area contributed by atoms with Crippen molar-refractivity contribution < 1.29 is 23.8 Å². The quantitative estimate of drug-likeness (QED) is 0.823. The molecule has 1 fully saturated rings. The highest BCUT2D eigenvalue weighted by Crippen LogP contribution is 2.32. The molecule has 7 heteroatoms. The summed E-state index contributed by atoms with van der Waals surface area (Å²) in [4.78, 5) is 25.6. The molecule has 27 heavy (non-hydrogen) atoms. The number of amides is 2. The summed E-state index contributed by atoms with van der Waals surface area (Å²) in [7, 11) is 0. The fourth-order valence-electron chi connectivity index (χ4n) is 2.91. The SMILES string of the molecule is O=C(/C=C\c1ccc2c(c1)OCO2)NCC1CN(c2ccccc2)C(=O)O1. The van der Waals surface area contributed by atoms with E-state index < -0.39 is 6.09 Å². The fraction of sp³-hybridized carbons (Fsp3) is 0.200. The predicted octanol–water partition coefficient (Wildman–Crippen LogP) is 2.57. The first-order valence-corrected chi connectivity index (χ1v) is 8.58. The van der Waals surface area contributed by atoms with E-state index in [1.54, 1.807) is 17.0 Å². The Bertz CT molecular complexity index is 881. The highest BCUT2D eigenvalue weighted by molar-refractivity contribution is 5.92. The molecule has 4 rings (SSSR count). The first-order valence-electron chi connectivity index (χ1n) is 8.58. The fourth-order valence-corrected chi connectivity index (χ4v) is 2.91. The Kier molecular flexibility index (Phi) is 4.65.